The molecular formula is C20H27N5OS. The van der Waals surface area contributed by atoms with Crippen LogP contribution in [0.4, 0.5) is 10.9 Å². The molecule has 2 fully saturated rings. The van der Waals surface area contributed by atoms with Gasteiger partial charge in [-0.1, -0.05) is 19.3 Å². The lowest BCUT2D eigenvalue weighted by molar-refractivity contribution is -0.137. The van der Waals surface area contributed by atoms with Crippen LogP contribution in [0.3, 0.4) is 0 Å². The zero-order valence-electron chi connectivity index (χ0n) is 15.9. The van der Waals surface area contributed by atoms with E-state index >= 15 is 0 Å². The summed E-state index contributed by atoms with van der Waals surface area (Å²) in [5, 5.41) is 4.11. The lowest BCUT2D eigenvalue weighted by atomic mass is 9.87. The van der Waals surface area contributed by atoms with Gasteiger partial charge in [0.2, 0.25) is 5.91 Å². The molecule has 1 atom stereocenters. The van der Waals surface area contributed by atoms with E-state index in [0.717, 1.165) is 60.3 Å². The minimum absolute atomic E-state index is 0.244. The number of likely N-dealkylation sites (tertiary alicyclic amines) is 1. The minimum atomic E-state index is 0.244. The van der Waals surface area contributed by atoms with Crippen LogP contribution in [0.2, 0.25) is 0 Å². The molecule has 4 rings (SSSR count). The molecule has 6 nitrogen and oxygen atoms in total. The van der Waals surface area contributed by atoms with Crippen molar-refractivity contribution in [1.29, 1.82) is 0 Å². The highest BCUT2D eigenvalue weighted by Crippen LogP contribution is 2.31. The van der Waals surface area contributed by atoms with Crippen molar-refractivity contribution < 1.29 is 4.79 Å². The normalized spacial score (nSPS) is 21.2. The van der Waals surface area contributed by atoms with Gasteiger partial charge in [-0.2, -0.15) is 0 Å². The molecule has 1 N–H and O–H groups in total. The maximum atomic E-state index is 12.9. The maximum Gasteiger partial charge on any atom is 0.225 e. The third-order valence-corrected chi connectivity index (χ3v) is 6.48. The quantitative estimate of drug-likeness (QED) is 0.851. The van der Waals surface area contributed by atoms with Crippen molar-refractivity contribution in [3.05, 3.63) is 29.2 Å². The average molecular weight is 386 g/mol. The Morgan fingerprint density at radius 2 is 2.00 bits per heavy atom. The summed E-state index contributed by atoms with van der Waals surface area (Å²) in [6.07, 6.45) is 11.4. The van der Waals surface area contributed by atoms with Gasteiger partial charge in [0.15, 0.2) is 5.13 Å². The van der Waals surface area contributed by atoms with Gasteiger partial charge < -0.3 is 10.2 Å². The predicted octanol–water partition coefficient (Wildman–Crippen LogP) is 4.27. The van der Waals surface area contributed by atoms with Crippen molar-refractivity contribution in [2.45, 2.75) is 57.8 Å². The summed E-state index contributed by atoms with van der Waals surface area (Å²) < 4.78 is 0. The number of aromatic nitrogens is 3. The Morgan fingerprint density at radius 1 is 1.15 bits per heavy atom. The predicted molar refractivity (Wildman–Crippen MR) is 107 cm³/mol. The molecule has 1 aliphatic heterocycles. The van der Waals surface area contributed by atoms with Crippen LogP contribution in [0.15, 0.2) is 18.6 Å². The number of hydrogen-bond donors (Lipinski definition) is 1. The molecule has 2 aliphatic rings. The number of thiazole rings is 1. The molecule has 1 aliphatic carbocycles. The second-order valence-corrected chi connectivity index (χ2v) is 8.92. The largest absolute Gasteiger partial charge is 0.342 e. The molecule has 0 spiro atoms. The number of carbonyl (C=O) groups excluding carboxylic acids is 1. The van der Waals surface area contributed by atoms with E-state index in [1.165, 1.54) is 19.3 Å². The van der Waals surface area contributed by atoms with Gasteiger partial charge in [0.1, 0.15) is 12.1 Å². The zero-order chi connectivity index (χ0) is 18.6. The smallest absolute Gasteiger partial charge is 0.225 e. The maximum absolute atomic E-state index is 12.9. The molecule has 0 bridgehead atoms. The molecule has 144 valence electrons. The van der Waals surface area contributed by atoms with Gasteiger partial charge in [0.05, 0.1) is 5.69 Å². The molecule has 0 unspecified atom stereocenters. The second kappa shape index (κ2) is 8.33. The van der Waals surface area contributed by atoms with Crippen molar-refractivity contribution in [2.24, 2.45) is 5.92 Å². The number of hydrogen-bond acceptors (Lipinski definition) is 6. The van der Waals surface area contributed by atoms with Crippen LogP contribution >= 0.6 is 11.3 Å². The van der Waals surface area contributed by atoms with Gasteiger partial charge in [-0.25, -0.2) is 15.0 Å². The molecule has 1 saturated carbocycles. The first-order valence-electron chi connectivity index (χ1n) is 9.99. The molecule has 2 aromatic rings. The highest BCUT2D eigenvalue weighted by atomic mass is 32.1. The molecule has 1 saturated heterocycles. The molecule has 2 aromatic heterocycles. The Balaban J connectivity index is 1.43. The summed E-state index contributed by atoms with van der Waals surface area (Å²) in [6, 6.07) is 2.01. The zero-order valence-corrected chi connectivity index (χ0v) is 16.7. The van der Waals surface area contributed by atoms with Crippen molar-refractivity contribution in [1.82, 2.24) is 19.9 Å². The molecular weight excluding hydrogens is 358 g/mol. The molecule has 27 heavy (non-hydrogen) atoms. The fourth-order valence-electron chi connectivity index (χ4n) is 4.21. The van der Waals surface area contributed by atoms with Gasteiger partial charge in [-0.3, -0.25) is 4.79 Å². The van der Waals surface area contributed by atoms with Crippen molar-refractivity contribution >= 4 is 28.2 Å². The highest BCUT2D eigenvalue weighted by molar-refractivity contribution is 7.15. The van der Waals surface area contributed by atoms with Crippen LogP contribution in [-0.4, -0.2) is 38.8 Å². The number of nitrogens with one attached hydrogen (secondary N) is 1. The first kappa shape index (κ1) is 18.3. The number of nitrogens with zero attached hydrogens (tertiary/aromatic N) is 4. The van der Waals surface area contributed by atoms with E-state index in [1.807, 2.05) is 19.2 Å². The molecule has 3 heterocycles. The second-order valence-electron chi connectivity index (χ2n) is 7.69. The average Bonchev–Trinajstić information content (AvgIpc) is 3.13. The number of anilines is 2. The summed E-state index contributed by atoms with van der Waals surface area (Å²) in [5.41, 5.74) is 1.02. The van der Waals surface area contributed by atoms with E-state index in [-0.39, 0.29) is 11.8 Å². The Morgan fingerprint density at radius 3 is 2.78 bits per heavy atom. The number of piperidine rings is 1. The standard InChI is InChI=1S/C20H27N5OS/c1-14-11-21-20(27-14)24-18-10-17(22-13-23-18)16-8-5-9-25(12-16)19(26)15-6-3-2-4-7-15/h10-11,13,15-16H,2-9,12H2,1H3,(H,21,22,23,24)/t16-/m0/s1. The van der Waals surface area contributed by atoms with Crippen LogP contribution in [0.25, 0.3) is 0 Å². The fourth-order valence-corrected chi connectivity index (χ4v) is 4.88. The van der Waals surface area contributed by atoms with Crippen LogP contribution in [0, 0.1) is 12.8 Å². The lowest BCUT2D eigenvalue weighted by Gasteiger charge is -2.35. The van der Waals surface area contributed by atoms with Crippen LogP contribution < -0.4 is 5.32 Å². The summed E-state index contributed by atoms with van der Waals surface area (Å²) in [6.45, 7) is 3.71. The van der Waals surface area contributed by atoms with E-state index in [9.17, 15) is 4.79 Å². The van der Waals surface area contributed by atoms with Gasteiger partial charge in [-0.15, -0.1) is 11.3 Å². The lowest BCUT2D eigenvalue weighted by Crippen LogP contribution is -2.43. The summed E-state index contributed by atoms with van der Waals surface area (Å²) in [4.78, 5) is 29.3. The van der Waals surface area contributed by atoms with E-state index < -0.39 is 0 Å². The Bertz CT molecular complexity index is 786. The van der Waals surface area contributed by atoms with Crippen molar-refractivity contribution in [2.75, 3.05) is 18.4 Å². The molecule has 1 amide bonds. The van der Waals surface area contributed by atoms with Gasteiger partial charge in [0.25, 0.3) is 0 Å². The number of rotatable bonds is 4. The monoisotopic (exact) mass is 385 g/mol. The van der Waals surface area contributed by atoms with Crippen LogP contribution in [0.1, 0.15) is 61.4 Å². The first-order chi connectivity index (χ1) is 13.2. The number of carbonyl (C=O) groups is 1. The fraction of sp³-hybridized carbons (Fsp3) is 0.600. The molecule has 0 radical (unpaired) electrons. The molecule has 0 aromatic carbocycles. The summed E-state index contributed by atoms with van der Waals surface area (Å²) in [5.74, 6) is 1.66. The SMILES string of the molecule is Cc1cnc(Nc2cc([C@H]3CCCN(C(=O)C4CCCCC4)C3)ncn2)s1. The Labute approximate surface area is 164 Å². The van der Waals surface area contributed by atoms with Crippen molar-refractivity contribution in [3.8, 4) is 0 Å². The van der Waals surface area contributed by atoms with Crippen LogP contribution in [0.5, 0.6) is 0 Å². The minimum Gasteiger partial charge on any atom is -0.342 e. The molecule has 7 heteroatoms. The summed E-state index contributed by atoms with van der Waals surface area (Å²) in [7, 11) is 0. The van der Waals surface area contributed by atoms with Gasteiger partial charge in [-0.05, 0) is 32.6 Å². The number of aryl methyl sites for hydroxylation is 1. The van der Waals surface area contributed by atoms with E-state index in [2.05, 4.69) is 25.2 Å². The van der Waals surface area contributed by atoms with E-state index in [4.69, 9.17) is 0 Å². The topological polar surface area (TPSA) is 71.0 Å². The van der Waals surface area contributed by atoms with Gasteiger partial charge in [0, 0.05) is 42.1 Å². The number of amides is 1. The Hall–Kier alpha value is -2.02. The Kier molecular flexibility index (Phi) is 5.66. The van der Waals surface area contributed by atoms with Crippen molar-refractivity contribution in [3.63, 3.8) is 0 Å². The third kappa shape index (κ3) is 4.46. The first-order valence-corrected chi connectivity index (χ1v) is 10.8. The van der Waals surface area contributed by atoms with E-state index in [0.29, 0.717) is 5.91 Å². The van der Waals surface area contributed by atoms with E-state index in [1.54, 1.807) is 17.7 Å². The van der Waals surface area contributed by atoms with Crippen LogP contribution in [-0.2, 0) is 4.79 Å². The highest BCUT2D eigenvalue weighted by Gasteiger charge is 2.30. The third-order valence-electron chi connectivity index (χ3n) is 5.65. The van der Waals surface area contributed by atoms with Gasteiger partial charge >= 0.3 is 0 Å². The summed E-state index contributed by atoms with van der Waals surface area (Å²) >= 11 is 1.61.